The van der Waals surface area contributed by atoms with E-state index in [-0.39, 0.29) is 41.0 Å². The van der Waals surface area contributed by atoms with Gasteiger partial charge in [-0.15, -0.1) is 11.3 Å². The Morgan fingerprint density at radius 2 is 2.00 bits per heavy atom. The zero-order chi connectivity index (χ0) is 25.2. The van der Waals surface area contributed by atoms with E-state index in [1.54, 1.807) is 12.3 Å². The summed E-state index contributed by atoms with van der Waals surface area (Å²) in [5.74, 6) is -0.347. The van der Waals surface area contributed by atoms with Crippen LogP contribution in [0.2, 0.25) is 0 Å². The molecule has 4 heterocycles. The number of imide groups is 1. The van der Waals surface area contributed by atoms with E-state index in [0.29, 0.717) is 23.7 Å². The molecule has 1 aromatic heterocycles. The van der Waals surface area contributed by atoms with Gasteiger partial charge in [0.1, 0.15) is 5.01 Å². The summed E-state index contributed by atoms with van der Waals surface area (Å²) in [6, 6.07) is 5.85. The summed E-state index contributed by atoms with van der Waals surface area (Å²) in [6.07, 6.45) is 6.80. The van der Waals surface area contributed by atoms with E-state index in [0.717, 1.165) is 49.5 Å². The van der Waals surface area contributed by atoms with Gasteiger partial charge in [-0.2, -0.15) is 0 Å². The summed E-state index contributed by atoms with van der Waals surface area (Å²) >= 11 is 1.44. The smallest absolute Gasteiger partial charge is 0.264 e. The van der Waals surface area contributed by atoms with Crippen LogP contribution in [0.3, 0.4) is 0 Å². The summed E-state index contributed by atoms with van der Waals surface area (Å²) < 4.78 is 0. The number of hydrogen-bond acceptors (Lipinski definition) is 6. The Morgan fingerprint density at radius 1 is 1.17 bits per heavy atom. The molecule has 0 radical (unpaired) electrons. The second kappa shape index (κ2) is 8.40. The Bertz CT molecular complexity index is 1230. The van der Waals surface area contributed by atoms with Crippen molar-refractivity contribution in [2.75, 3.05) is 24.5 Å². The molecule has 4 aliphatic rings. The van der Waals surface area contributed by atoms with Gasteiger partial charge in [-0.3, -0.25) is 19.3 Å². The molecular formula is C28H34N4O3S. The van der Waals surface area contributed by atoms with Crippen molar-refractivity contribution in [2.24, 2.45) is 16.7 Å². The lowest BCUT2D eigenvalue weighted by molar-refractivity contribution is -0.137. The first-order chi connectivity index (χ1) is 17.1. The number of carbonyl (C=O) groups excluding carboxylic acids is 3. The maximum atomic E-state index is 13.8. The zero-order valence-electron chi connectivity index (χ0n) is 21.3. The van der Waals surface area contributed by atoms with Crippen molar-refractivity contribution in [3.8, 4) is 0 Å². The van der Waals surface area contributed by atoms with E-state index >= 15 is 0 Å². The highest BCUT2D eigenvalue weighted by molar-refractivity contribution is 7.09. The van der Waals surface area contributed by atoms with Crippen LogP contribution in [0.1, 0.15) is 78.6 Å². The van der Waals surface area contributed by atoms with Crippen molar-refractivity contribution in [3.63, 3.8) is 0 Å². The molecule has 1 aliphatic carbocycles. The van der Waals surface area contributed by atoms with E-state index < -0.39 is 0 Å². The lowest BCUT2D eigenvalue weighted by atomic mass is 9.65. The third-order valence-electron chi connectivity index (χ3n) is 8.56. The standard InChI is InChI=1S/C28H34N4O3S/c1-27(2)12-19-13-28(3,16-27)17-32(19)24(33)18-6-5-10-30(14-18)21-8-4-7-20-23(21)26(35)31(25(20)34)15-22-29-9-11-36-22/h4,7-9,11,18-19H,5-6,10,12-17H2,1-3H3. The van der Waals surface area contributed by atoms with Gasteiger partial charge in [0.15, 0.2) is 0 Å². The number of aromatic nitrogens is 1. The fourth-order valence-electron chi connectivity index (χ4n) is 7.54. The minimum absolute atomic E-state index is 0.0840. The second-order valence-electron chi connectivity index (χ2n) is 12.3. The van der Waals surface area contributed by atoms with Crippen LogP contribution in [0.4, 0.5) is 5.69 Å². The summed E-state index contributed by atoms with van der Waals surface area (Å²) in [6.45, 7) is 9.43. The molecule has 6 rings (SSSR count). The van der Waals surface area contributed by atoms with Gasteiger partial charge in [-0.25, -0.2) is 4.98 Å². The molecule has 2 bridgehead atoms. The van der Waals surface area contributed by atoms with Crippen LogP contribution in [0.5, 0.6) is 0 Å². The average Bonchev–Trinajstić information content (AvgIpc) is 3.50. The summed E-state index contributed by atoms with van der Waals surface area (Å²) in [5, 5.41) is 2.58. The number of piperidine rings is 1. The number of thiazole rings is 1. The number of carbonyl (C=O) groups is 3. The lowest BCUT2D eigenvalue weighted by Crippen LogP contribution is -2.47. The Morgan fingerprint density at radius 3 is 2.78 bits per heavy atom. The molecule has 8 heteroatoms. The average molecular weight is 507 g/mol. The van der Waals surface area contributed by atoms with E-state index in [2.05, 4.69) is 35.6 Å². The molecule has 1 saturated carbocycles. The van der Waals surface area contributed by atoms with E-state index in [1.807, 2.05) is 17.5 Å². The van der Waals surface area contributed by atoms with Gasteiger partial charge in [0.25, 0.3) is 11.8 Å². The van der Waals surface area contributed by atoms with Crippen LogP contribution in [-0.4, -0.2) is 58.2 Å². The fraction of sp³-hybridized carbons (Fsp3) is 0.571. The Balaban J connectivity index is 1.22. The van der Waals surface area contributed by atoms with Crippen molar-refractivity contribution in [1.82, 2.24) is 14.8 Å². The minimum atomic E-state index is -0.267. The van der Waals surface area contributed by atoms with Crippen LogP contribution in [0.25, 0.3) is 0 Å². The molecule has 3 amide bonds. The van der Waals surface area contributed by atoms with Gasteiger partial charge in [-0.05, 0) is 55.1 Å². The highest BCUT2D eigenvalue weighted by Crippen LogP contribution is 2.53. The number of anilines is 1. The predicted octanol–water partition coefficient (Wildman–Crippen LogP) is 4.58. The number of benzene rings is 1. The van der Waals surface area contributed by atoms with Crippen LogP contribution < -0.4 is 4.90 Å². The van der Waals surface area contributed by atoms with Crippen molar-refractivity contribution in [2.45, 2.75) is 65.5 Å². The molecule has 1 aromatic carbocycles. The molecule has 2 aromatic rings. The number of nitrogens with zero attached hydrogens (tertiary/aromatic N) is 4. The Hall–Kier alpha value is -2.74. The first-order valence-corrected chi connectivity index (χ1v) is 14.0. The van der Waals surface area contributed by atoms with Crippen LogP contribution >= 0.6 is 11.3 Å². The van der Waals surface area contributed by atoms with Crippen molar-refractivity contribution in [3.05, 3.63) is 45.9 Å². The van der Waals surface area contributed by atoms with E-state index in [9.17, 15) is 14.4 Å². The maximum absolute atomic E-state index is 13.8. The van der Waals surface area contributed by atoms with Crippen LogP contribution in [0, 0.1) is 16.7 Å². The monoisotopic (exact) mass is 506 g/mol. The van der Waals surface area contributed by atoms with Gasteiger partial charge in [0.05, 0.1) is 29.3 Å². The molecule has 3 fully saturated rings. The molecule has 0 spiro atoms. The van der Waals surface area contributed by atoms with Crippen molar-refractivity contribution < 1.29 is 14.4 Å². The molecular weight excluding hydrogens is 472 g/mol. The normalized spacial score (nSPS) is 29.1. The quantitative estimate of drug-likeness (QED) is 0.568. The van der Waals surface area contributed by atoms with Gasteiger partial charge in [0, 0.05) is 37.3 Å². The zero-order valence-corrected chi connectivity index (χ0v) is 22.1. The molecule has 2 saturated heterocycles. The number of hydrogen-bond donors (Lipinski definition) is 0. The Kier molecular flexibility index (Phi) is 5.52. The summed E-state index contributed by atoms with van der Waals surface area (Å²) in [4.78, 5) is 50.2. The van der Waals surface area contributed by atoms with E-state index in [4.69, 9.17) is 0 Å². The van der Waals surface area contributed by atoms with Crippen molar-refractivity contribution >= 4 is 34.7 Å². The summed E-state index contributed by atoms with van der Waals surface area (Å²) in [5.41, 5.74) is 2.18. The molecule has 190 valence electrons. The van der Waals surface area contributed by atoms with Crippen molar-refractivity contribution in [1.29, 1.82) is 0 Å². The number of fused-ring (bicyclic) bond motifs is 3. The van der Waals surface area contributed by atoms with Gasteiger partial charge in [-0.1, -0.05) is 26.8 Å². The highest BCUT2D eigenvalue weighted by atomic mass is 32.1. The van der Waals surface area contributed by atoms with Gasteiger partial charge >= 0.3 is 0 Å². The predicted molar refractivity (Wildman–Crippen MR) is 139 cm³/mol. The molecule has 7 nitrogen and oxygen atoms in total. The first kappa shape index (κ1) is 23.6. The third-order valence-corrected chi connectivity index (χ3v) is 9.33. The fourth-order valence-corrected chi connectivity index (χ4v) is 8.14. The number of likely N-dealkylation sites (tertiary alicyclic amines) is 1. The molecule has 3 aliphatic heterocycles. The largest absolute Gasteiger partial charge is 0.370 e. The van der Waals surface area contributed by atoms with Crippen LogP contribution in [-0.2, 0) is 11.3 Å². The minimum Gasteiger partial charge on any atom is -0.370 e. The molecule has 36 heavy (non-hydrogen) atoms. The maximum Gasteiger partial charge on any atom is 0.264 e. The molecule has 0 N–H and O–H groups in total. The Labute approximate surface area is 216 Å². The second-order valence-corrected chi connectivity index (χ2v) is 13.3. The first-order valence-electron chi connectivity index (χ1n) is 13.1. The third kappa shape index (κ3) is 3.94. The highest BCUT2D eigenvalue weighted by Gasteiger charge is 2.52. The molecule has 3 unspecified atom stereocenters. The van der Waals surface area contributed by atoms with Crippen LogP contribution in [0.15, 0.2) is 29.8 Å². The lowest BCUT2D eigenvalue weighted by Gasteiger charge is -2.40. The van der Waals surface area contributed by atoms with Gasteiger partial charge < -0.3 is 9.80 Å². The summed E-state index contributed by atoms with van der Waals surface area (Å²) in [7, 11) is 0. The van der Waals surface area contributed by atoms with E-state index in [1.165, 1.54) is 22.7 Å². The SMILES string of the molecule is CC1(C)CC2CC(C)(CN2C(=O)C2CCCN(c3cccc4c3C(=O)N(Cc3nccs3)C4=O)C2)C1. The topological polar surface area (TPSA) is 73.8 Å². The molecule has 3 atom stereocenters. The van der Waals surface area contributed by atoms with Gasteiger partial charge in [0.2, 0.25) is 5.91 Å². The number of amides is 3. The number of rotatable bonds is 4.